The topological polar surface area (TPSA) is 70.2 Å². The first-order valence-corrected chi connectivity index (χ1v) is 10.9. The Morgan fingerprint density at radius 3 is 2.71 bits per heavy atom. The molecule has 1 aliphatic heterocycles. The van der Waals surface area contributed by atoms with Crippen molar-refractivity contribution in [2.24, 2.45) is 0 Å². The zero-order valence-corrected chi connectivity index (χ0v) is 17.1. The van der Waals surface area contributed by atoms with Crippen LogP contribution >= 0.6 is 11.8 Å². The van der Waals surface area contributed by atoms with Gasteiger partial charge in [0.1, 0.15) is 6.04 Å². The number of benzene rings is 2. The number of fused-ring (bicyclic) bond motifs is 1. The second kappa shape index (κ2) is 9.75. The van der Waals surface area contributed by atoms with E-state index in [0.717, 1.165) is 17.0 Å². The molecule has 2 amide bonds. The van der Waals surface area contributed by atoms with Gasteiger partial charge in [0, 0.05) is 12.2 Å². The fourth-order valence-corrected chi connectivity index (χ4v) is 3.84. The van der Waals surface area contributed by atoms with Gasteiger partial charge in [-0.05, 0) is 60.6 Å². The summed E-state index contributed by atoms with van der Waals surface area (Å²) < 4.78 is 0. The summed E-state index contributed by atoms with van der Waals surface area (Å²) in [4.78, 5) is 25.6. The lowest BCUT2D eigenvalue weighted by Gasteiger charge is -2.27. The van der Waals surface area contributed by atoms with Crippen molar-refractivity contribution in [3.63, 3.8) is 0 Å². The molecule has 2 aromatic rings. The minimum absolute atomic E-state index is 0.125. The maximum absolute atomic E-state index is 12.8. The van der Waals surface area contributed by atoms with Crippen LogP contribution in [-0.2, 0) is 22.6 Å². The predicted molar refractivity (Wildman–Crippen MR) is 116 cm³/mol. The van der Waals surface area contributed by atoms with Gasteiger partial charge in [-0.3, -0.25) is 9.59 Å². The van der Waals surface area contributed by atoms with E-state index in [1.807, 2.05) is 49.6 Å². The van der Waals surface area contributed by atoms with Crippen LogP contribution in [0.5, 0.6) is 0 Å². The van der Waals surface area contributed by atoms with Crippen LogP contribution in [0.2, 0.25) is 0 Å². The smallest absolute Gasteiger partial charge is 0.246 e. The predicted octanol–water partition coefficient (Wildman–Crippen LogP) is 2.89. The molecule has 0 aromatic heterocycles. The molecule has 0 fully saturated rings. The van der Waals surface area contributed by atoms with Gasteiger partial charge in [0.2, 0.25) is 11.8 Å². The Bertz CT molecular complexity index is 840. The lowest BCUT2D eigenvalue weighted by molar-refractivity contribution is -0.128. The summed E-state index contributed by atoms with van der Waals surface area (Å²) in [5.41, 5.74) is 4.24. The first-order chi connectivity index (χ1) is 13.6. The van der Waals surface area contributed by atoms with E-state index < -0.39 is 6.04 Å². The Labute approximate surface area is 170 Å². The van der Waals surface area contributed by atoms with Crippen LogP contribution < -0.4 is 16.0 Å². The van der Waals surface area contributed by atoms with E-state index in [9.17, 15) is 9.59 Å². The normalized spacial score (nSPS) is 16.7. The van der Waals surface area contributed by atoms with Gasteiger partial charge in [-0.2, -0.15) is 11.8 Å². The summed E-state index contributed by atoms with van der Waals surface area (Å²) in [5, 5.41) is 9.18. The molecule has 0 saturated carbocycles. The third kappa shape index (κ3) is 5.36. The summed E-state index contributed by atoms with van der Waals surface area (Å²) in [6, 6.07) is 14.9. The van der Waals surface area contributed by atoms with Crippen molar-refractivity contribution < 1.29 is 9.59 Å². The number of aryl methyl sites for hydroxylation is 1. The van der Waals surface area contributed by atoms with Gasteiger partial charge in [-0.1, -0.05) is 36.4 Å². The van der Waals surface area contributed by atoms with Gasteiger partial charge in [-0.15, -0.1) is 0 Å². The first-order valence-electron chi connectivity index (χ1n) is 9.54. The lowest BCUT2D eigenvalue weighted by Crippen LogP contribution is -2.53. The molecule has 0 unspecified atom stereocenters. The Hall–Kier alpha value is -2.31. The molecular formula is C22H27N3O2S. The van der Waals surface area contributed by atoms with Gasteiger partial charge < -0.3 is 16.0 Å². The van der Waals surface area contributed by atoms with E-state index in [0.29, 0.717) is 19.4 Å². The van der Waals surface area contributed by atoms with Crippen molar-refractivity contribution in [2.45, 2.75) is 38.4 Å². The highest BCUT2D eigenvalue weighted by molar-refractivity contribution is 7.98. The van der Waals surface area contributed by atoms with Gasteiger partial charge in [0.05, 0.1) is 6.04 Å². The highest BCUT2D eigenvalue weighted by Gasteiger charge is 2.28. The molecule has 1 aliphatic rings. The van der Waals surface area contributed by atoms with Crippen LogP contribution in [0.3, 0.4) is 0 Å². The molecule has 0 radical (unpaired) electrons. The van der Waals surface area contributed by atoms with Crippen LogP contribution in [0.1, 0.15) is 23.1 Å². The van der Waals surface area contributed by atoms with Crippen molar-refractivity contribution >= 4 is 29.3 Å². The largest absolute Gasteiger partial charge is 0.343 e. The van der Waals surface area contributed by atoms with E-state index in [2.05, 4.69) is 28.1 Å². The van der Waals surface area contributed by atoms with Crippen LogP contribution in [-0.4, -0.2) is 35.9 Å². The summed E-state index contributed by atoms with van der Waals surface area (Å²) in [6.45, 7) is 2.65. The monoisotopic (exact) mass is 397 g/mol. The standard InChI is InChI=1S/C22H27N3O2S/c1-15-6-5-9-18(12-15)24-21(26)19(10-11-28-2)25-22(27)20-13-16-7-3-4-8-17(16)14-23-20/h3-9,12,19-20,23H,10-11,13-14H2,1-2H3,(H,24,26)(H,25,27)/t19-,20-/m1/s1. The van der Waals surface area contributed by atoms with Crippen molar-refractivity contribution in [1.82, 2.24) is 10.6 Å². The molecule has 3 rings (SSSR count). The lowest BCUT2D eigenvalue weighted by atomic mass is 9.95. The summed E-state index contributed by atoms with van der Waals surface area (Å²) >= 11 is 1.66. The van der Waals surface area contributed by atoms with Gasteiger partial charge in [0.25, 0.3) is 0 Å². The number of carbonyl (C=O) groups is 2. The first kappa shape index (κ1) is 20.4. The fourth-order valence-electron chi connectivity index (χ4n) is 3.37. The Morgan fingerprint density at radius 2 is 1.96 bits per heavy atom. The molecule has 5 nitrogen and oxygen atoms in total. The number of amides is 2. The number of hydrogen-bond donors (Lipinski definition) is 3. The zero-order valence-electron chi connectivity index (χ0n) is 16.3. The highest BCUT2D eigenvalue weighted by atomic mass is 32.2. The Kier molecular flexibility index (Phi) is 7.12. The molecule has 3 N–H and O–H groups in total. The molecule has 148 valence electrons. The average molecular weight is 398 g/mol. The van der Waals surface area contributed by atoms with Gasteiger partial charge in [0.15, 0.2) is 0 Å². The number of thioether (sulfide) groups is 1. The molecule has 6 heteroatoms. The molecule has 0 saturated heterocycles. The number of nitrogens with one attached hydrogen (secondary N) is 3. The number of hydrogen-bond acceptors (Lipinski definition) is 4. The maximum Gasteiger partial charge on any atom is 0.246 e. The summed E-state index contributed by atoms with van der Waals surface area (Å²) in [6.07, 6.45) is 3.22. The zero-order chi connectivity index (χ0) is 19.9. The molecule has 2 aromatic carbocycles. The van der Waals surface area contributed by atoms with Crippen LogP contribution in [0.25, 0.3) is 0 Å². The van der Waals surface area contributed by atoms with Crippen molar-refractivity contribution in [2.75, 3.05) is 17.3 Å². The number of carbonyl (C=O) groups excluding carboxylic acids is 2. The van der Waals surface area contributed by atoms with E-state index in [4.69, 9.17) is 0 Å². The van der Waals surface area contributed by atoms with Crippen molar-refractivity contribution in [3.05, 3.63) is 65.2 Å². The van der Waals surface area contributed by atoms with Crippen molar-refractivity contribution in [3.8, 4) is 0 Å². The average Bonchev–Trinajstić information content (AvgIpc) is 2.70. The van der Waals surface area contributed by atoms with E-state index in [-0.39, 0.29) is 17.9 Å². The maximum atomic E-state index is 12.8. The summed E-state index contributed by atoms with van der Waals surface area (Å²) in [7, 11) is 0. The third-order valence-electron chi connectivity index (χ3n) is 4.93. The van der Waals surface area contributed by atoms with E-state index >= 15 is 0 Å². The van der Waals surface area contributed by atoms with E-state index in [1.54, 1.807) is 11.8 Å². The quantitative estimate of drug-likeness (QED) is 0.672. The highest BCUT2D eigenvalue weighted by Crippen LogP contribution is 2.17. The minimum Gasteiger partial charge on any atom is -0.343 e. The van der Waals surface area contributed by atoms with E-state index in [1.165, 1.54) is 11.1 Å². The third-order valence-corrected chi connectivity index (χ3v) is 5.57. The van der Waals surface area contributed by atoms with Crippen LogP contribution in [0.4, 0.5) is 5.69 Å². The minimum atomic E-state index is -0.556. The second-order valence-corrected chi connectivity index (χ2v) is 8.09. The SMILES string of the molecule is CSCC[C@@H](NC(=O)[C@H]1Cc2ccccc2CN1)C(=O)Nc1cccc(C)c1. The number of rotatable bonds is 7. The molecule has 1 heterocycles. The van der Waals surface area contributed by atoms with Gasteiger partial charge in [-0.25, -0.2) is 0 Å². The molecule has 0 spiro atoms. The van der Waals surface area contributed by atoms with Crippen LogP contribution in [0, 0.1) is 6.92 Å². The van der Waals surface area contributed by atoms with Crippen LogP contribution in [0.15, 0.2) is 48.5 Å². The Balaban J connectivity index is 1.64. The molecule has 0 bridgehead atoms. The summed E-state index contributed by atoms with van der Waals surface area (Å²) in [5.74, 6) is 0.497. The number of anilines is 1. The molecule has 28 heavy (non-hydrogen) atoms. The molecule has 2 atom stereocenters. The van der Waals surface area contributed by atoms with Crippen molar-refractivity contribution in [1.29, 1.82) is 0 Å². The molecular weight excluding hydrogens is 370 g/mol. The second-order valence-electron chi connectivity index (χ2n) is 7.11. The fraction of sp³-hybridized carbons (Fsp3) is 0.364. The van der Waals surface area contributed by atoms with Gasteiger partial charge >= 0.3 is 0 Å². The molecule has 0 aliphatic carbocycles. The Morgan fingerprint density at radius 1 is 1.18 bits per heavy atom.